The first-order valence-electron chi connectivity index (χ1n) is 6.98. The second-order valence-corrected chi connectivity index (χ2v) is 6.63. The van der Waals surface area contributed by atoms with Crippen molar-refractivity contribution in [3.8, 4) is 0 Å². The molecule has 1 atom stereocenters. The van der Waals surface area contributed by atoms with Gasteiger partial charge in [0.25, 0.3) is 5.91 Å². The highest BCUT2D eigenvalue weighted by molar-refractivity contribution is 9.10. The second kappa shape index (κ2) is 7.27. The highest BCUT2D eigenvalue weighted by atomic mass is 79.9. The first-order valence-corrected chi connectivity index (χ1v) is 8.15. The zero-order valence-electron chi connectivity index (χ0n) is 11.4. The Morgan fingerprint density at radius 1 is 1.29 bits per heavy atom. The standard InChI is InChI=1S/C15H17BrClNO3/c16-10-6-7-12(17)11(8-10)14(19)18-13(15(20)21)9-4-2-1-3-5-9/h6-9,13H,1-5H2,(H,18,19)(H,20,21). The summed E-state index contributed by atoms with van der Waals surface area (Å²) >= 11 is 9.29. The van der Waals surface area contributed by atoms with E-state index in [-0.39, 0.29) is 11.5 Å². The third kappa shape index (κ3) is 4.20. The van der Waals surface area contributed by atoms with Gasteiger partial charge in [0, 0.05) is 4.47 Å². The molecule has 0 aliphatic heterocycles. The quantitative estimate of drug-likeness (QED) is 0.841. The molecule has 0 bridgehead atoms. The van der Waals surface area contributed by atoms with Crippen LogP contribution in [0.25, 0.3) is 0 Å². The molecule has 21 heavy (non-hydrogen) atoms. The molecule has 1 aromatic carbocycles. The maximum absolute atomic E-state index is 12.3. The molecule has 1 fully saturated rings. The zero-order valence-corrected chi connectivity index (χ0v) is 13.8. The molecule has 2 rings (SSSR count). The van der Waals surface area contributed by atoms with E-state index >= 15 is 0 Å². The minimum atomic E-state index is -0.985. The summed E-state index contributed by atoms with van der Waals surface area (Å²) in [4.78, 5) is 23.8. The smallest absolute Gasteiger partial charge is 0.326 e. The number of carboxylic acids is 1. The molecule has 1 aromatic rings. The van der Waals surface area contributed by atoms with E-state index in [9.17, 15) is 14.7 Å². The second-order valence-electron chi connectivity index (χ2n) is 5.31. The van der Waals surface area contributed by atoms with Crippen LogP contribution in [0.4, 0.5) is 0 Å². The lowest BCUT2D eigenvalue weighted by molar-refractivity contribution is -0.141. The Bertz CT molecular complexity index is 544. The van der Waals surface area contributed by atoms with Gasteiger partial charge in [-0.3, -0.25) is 4.79 Å². The molecule has 0 saturated heterocycles. The molecule has 1 aliphatic rings. The van der Waals surface area contributed by atoms with Crippen LogP contribution in [0.1, 0.15) is 42.5 Å². The van der Waals surface area contributed by atoms with E-state index in [0.29, 0.717) is 5.02 Å². The fraction of sp³-hybridized carbons (Fsp3) is 0.467. The van der Waals surface area contributed by atoms with Crippen LogP contribution in [-0.2, 0) is 4.79 Å². The lowest BCUT2D eigenvalue weighted by Gasteiger charge is -2.28. The van der Waals surface area contributed by atoms with Crippen LogP contribution in [0, 0.1) is 5.92 Å². The third-order valence-corrected chi connectivity index (χ3v) is 4.67. The van der Waals surface area contributed by atoms with Crippen LogP contribution >= 0.6 is 27.5 Å². The first-order chi connectivity index (χ1) is 9.99. The van der Waals surface area contributed by atoms with Crippen LogP contribution < -0.4 is 5.32 Å². The third-order valence-electron chi connectivity index (χ3n) is 3.85. The van der Waals surface area contributed by atoms with Crippen molar-refractivity contribution in [3.05, 3.63) is 33.3 Å². The molecular weight excluding hydrogens is 358 g/mol. The van der Waals surface area contributed by atoms with Crippen LogP contribution in [0.3, 0.4) is 0 Å². The fourth-order valence-electron chi connectivity index (χ4n) is 2.74. The Hall–Kier alpha value is -1.07. The predicted octanol–water partition coefficient (Wildman–Crippen LogP) is 3.87. The topological polar surface area (TPSA) is 66.4 Å². The summed E-state index contributed by atoms with van der Waals surface area (Å²) in [5.74, 6) is -1.44. The van der Waals surface area contributed by atoms with Gasteiger partial charge in [0.05, 0.1) is 10.6 Å². The number of rotatable bonds is 4. The Kier molecular flexibility index (Phi) is 5.65. The first kappa shape index (κ1) is 16.3. The molecule has 1 saturated carbocycles. The summed E-state index contributed by atoms with van der Waals surface area (Å²) < 4.78 is 0.724. The van der Waals surface area contributed by atoms with Gasteiger partial charge in [0.15, 0.2) is 0 Å². The van der Waals surface area contributed by atoms with Crippen molar-refractivity contribution in [3.63, 3.8) is 0 Å². The van der Waals surface area contributed by atoms with Gasteiger partial charge < -0.3 is 10.4 Å². The number of carbonyl (C=O) groups is 2. The summed E-state index contributed by atoms with van der Waals surface area (Å²) in [6, 6.07) is 4.08. The summed E-state index contributed by atoms with van der Waals surface area (Å²) in [6.45, 7) is 0. The van der Waals surface area contributed by atoms with Gasteiger partial charge in [-0.2, -0.15) is 0 Å². The Balaban J connectivity index is 2.14. The normalized spacial score (nSPS) is 17.2. The van der Waals surface area contributed by atoms with Gasteiger partial charge in [0.1, 0.15) is 6.04 Å². The van der Waals surface area contributed by atoms with Crippen molar-refractivity contribution in [1.29, 1.82) is 0 Å². The van der Waals surface area contributed by atoms with Crippen molar-refractivity contribution in [1.82, 2.24) is 5.32 Å². The van der Waals surface area contributed by atoms with Crippen molar-refractivity contribution >= 4 is 39.4 Å². The van der Waals surface area contributed by atoms with Crippen molar-refractivity contribution < 1.29 is 14.7 Å². The number of amides is 1. The number of hydrogen-bond acceptors (Lipinski definition) is 2. The van der Waals surface area contributed by atoms with E-state index in [1.165, 1.54) is 0 Å². The summed E-state index contributed by atoms with van der Waals surface area (Å²) in [5, 5.41) is 12.3. The highest BCUT2D eigenvalue weighted by Crippen LogP contribution is 2.27. The summed E-state index contributed by atoms with van der Waals surface area (Å²) in [5.41, 5.74) is 0.285. The fourth-order valence-corrected chi connectivity index (χ4v) is 3.30. The minimum Gasteiger partial charge on any atom is -0.480 e. The molecule has 1 aliphatic carbocycles. The lowest BCUT2D eigenvalue weighted by Crippen LogP contribution is -2.46. The monoisotopic (exact) mass is 373 g/mol. The Morgan fingerprint density at radius 3 is 2.57 bits per heavy atom. The van der Waals surface area contributed by atoms with E-state index in [2.05, 4.69) is 21.2 Å². The number of aliphatic carboxylic acids is 1. The van der Waals surface area contributed by atoms with Crippen molar-refractivity contribution in [2.45, 2.75) is 38.1 Å². The maximum atomic E-state index is 12.3. The Labute approximate surface area is 137 Å². The SMILES string of the molecule is O=C(NC(C(=O)O)C1CCCCC1)c1cc(Br)ccc1Cl. The largest absolute Gasteiger partial charge is 0.480 e. The Morgan fingerprint density at radius 2 is 1.95 bits per heavy atom. The van der Waals surface area contributed by atoms with E-state index in [1.807, 2.05) is 0 Å². The van der Waals surface area contributed by atoms with Crippen molar-refractivity contribution in [2.75, 3.05) is 0 Å². The van der Waals surface area contributed by atoms with Gasteiger partial charge in [0.2, 0.25) is 0 Å². The highest BCUT2D eigenvalue weighted by Gasteiger charge is 2.31. The lowest BCUT2D eigenvalue weighted by atomic mass is 9.84. The molecule has 1 amide bonds. The van der Waals surface area contributed by atoms with Crippen LogP contribution in [0.15, 0.2) is 22.7 Å². The summed E-state index contributed by atoms with van der Waals surface area (Å²) in [6.07, 6.45) is 4.84. The van der Waals surface area contributed by atoms with E-state index < -0.39 is 17.9 Å². The van der Waals surface area contributed by atoms with Gasteiger partial charge >= 0.3 is 5.97 Å². The average Bonchev–Trinajstić information content (AvgIpc) is 2.47. The number of nitrogens with one attached hydrogen (secondary N) is 1. The molecule has 0 spiro atoms. The van der Waals surface area contributed by atoms with Crippen LogP contribution in [-0.4, -0.2) is 23.0 Å². The maximum Gasteiger partial charge on any atom is 0.326 e. The molecule has 6 heteroatoms. The minimum absolute atomic E-state index is 0.00821. The van der Waals surface area contributed by atoms with Crippen LogP contribution in [0.2, 0.25) is 5.02 Å². The van der Waals surface area contributed by atoms with E-state index in [0.717, 1.165) is 36.6 Å². The molecule has 0 aromatic heterocycles. The molecular formula is C15H17BrClNO3. The van der Waals surface area contributed by atoms with Crippen LogP contribution in [0.5, 0.6) is 0 Å². The number of carbonyl (C=O) groups excluding carboxylic acids is 1. The number of hydrogen-bond donors (Lipinski definition) is 2. The van der Waals surface area contributed by atoms with Gasteiger partial charge in [-0.25, -0.2) is 4.79 Å². The van der Waals surface area contributed by atoms with E-state index in [1.54, 1.807) is 18.2 Å². The molecule has 114 valence electrons. The number of halogens is 2. The van der Waals surface area contributed by atoms with Gasteiger partial charge in [-0.1, -0.05) is 46.8 Å². The zero-order chi connectivity index (χ0) is 15.4. The molecule has 0 heterocycles. The van der Waals surface area contributed by atoms with Gasteiger partial charge in [-0.15, -0.1) is 0 Å². The number of carboxylic acid groups (broad SMARTS) is 1. The molecule has 4 nitrogen and oxygen atoms in total. The molecule has 1 unspecified atom stereocenters. The summed E-state index contributed by atoms with van der Waals surface area (Å²) in [7, 11) is 0. The number of benzene rings is 1. The predicted molar refractivity (Wildman–Crippen MR) is 84.6 cm³/mol. The average molecular weight is 375 g/mol. The van der Waals surface area contributed by atoms with E-state index in [4.69, 9.17) is 11.6 Å². The molecule has 0 radical (unpaired) electrons. The molecule has 2 N–H and O–H groups in total. The van der Waals surface area contributed by atoms with Gasteiger partial charge in [-0.05, 0) is 37.0 Å². The van der Waals surface area contributed by atoms with Crippen molar-refractivity contribution in [2.24, 2.45) is 5.92 Å².